The first-order valence-corrected chi connectivity index (χ1v) is 16.8. The molecule has 8 heteroatoms. The summed E-state index contributed by atoms with van der Waals surface area (Å²) in [6, 6.07) is 0. The molecule has 0 saturated heterocycles. The predicted molar refractivity (Wildman–Crippen MR) is 149 cm³/mol. The van der Waals surface area contributed by atoms with E-state index in [1.165, 1.54) is 12.0 Å². The zero-order chi connectivity index (χ0) is 26.8. The summed E-state index contributed by atoms with van der Waals surface area (Å²) in [5, 5.41) is 17.8. The lowest BCUT2D eigenvalue weighted by Crippen LogP contribution is -2.52. The van der Waals surface area contributed by atoms with Crippen molar-refractivity contribution < 1.29 is 14.4 Å². The van der Waals surface area contributed by atoms with Crippen LogP contribution in [0.1, 0.15) is 79.6 Å². The van der Waals surface area contributed by atoms with Crippen molar-refractivity contribution in [3.63, 3.8) is 0 Å². The van der Waals surface area contributed by atoms with Gasteiger partial charge < -0.3 is 14.4 Å². The second-order valence-electron chi connectivity index (χ2n) is 13.6. The highest BCUT2D eigenvalue weighted by atomic mass is 28.4. The van der Waals surface area contributed by atoms with Crippen LogP contribution in [-0.2, 0) is 9.26 Å². The Bertz CT molecular complexity index is 879. The summed E-state index contributed by atoms with van der Waals surface area (Å²) in [4.78, 5) is 8.56. The summed E-state index contributed by atoms with van der Waals surface area (Å²) in [6.45, 7) is 22.4. The zero-order valence-corrected chi connectivity index (χ0v) is 24.8. The molecule has 0 aliphatic heterocycles. The van der Waals surface area contributed by atoms with Gasteiger partial charge in [-0.3, -0.25) is 0 Å². The average Bonchev–Trinajstić information content (AvgIpc) is 3.11. The molecule has 0 radical (unpaired) electrons. The van der Waals surface area contributed by atoms with Gasteiger partial charge in [0.15, 0.2) is 8.32 Å². The Morgan fingerprint density at radius 1 is 1.17 bits per heavy atom. The maximum Gasteiger partial charge on any atom is 0.191 e. The monoisotopic (exact) mass is 518 g/mol. The molecule has 1 N–H and O–H groups in total. The first-order chi connectivity index (χ1) is 16.8. The zero-order valence-electron chi connectivity index (χ0n) is 23.8. The SMILES string of the molecule is C=C1CC[C@H]2[C@H](CN=[N+]=[N-])[C@@H]([C@@]3(C)CCC(=NOCCO)C[C@@H]3CO[Si](C)(C)C(C)(C)C)CC[C@]12C. The van der Waals surface area contributed by atoms with Gasteiger partial charge in [0, 0.05) is 18.1 Å². The number of aliphatic hydroxyl groups excluding tert-OH is 1. The van der Waals surface area contributed by atoms with Crippen molar-refractivity contribution in [2.45, 2.75) is 97.7 Å². The molecule has 204 valence electrons. The molecule has 0 amide bonds. The van der Waals surface area contributed by atoms with Gasteiger partial charge in [0.25, 0.3) is 0 Å². The minimum absolute atomic E-state index is 0.0268. The Kier molecular flexibility index (Phi) is 9.07. The number of hydrogen-bond donors (Lipinski definition) is 1. The molecule has 7 nitrogen and oxygen atoms in total. The van der Waals surface area contributed by atoms with Crippen LogP contribution in [0, 0.1) is 34.5 Å². The number of azide groups is 1. The number of allylic oxidation sites excluding steroid dienone is 1. The van der Waals surface area contributed by atoms with Crippen molar-refractivity contribution in [1.82, 2.24) is 0 Å². The molecule has 3 fully saturated rings. The van der Waals surface area contributed by atoms with Crippen molar-refractivity contribution >= 4 is 14.0 Å². The van der Waals surface area contributed by atoms with E-state index in [1.807, 2.05) is 0 Å². The van der Waals surface area contributed by atoms with Crippen LogP contribution in [0.2, 0.25) is 18.1 Å². The lowest BCUT2D eigenvalue weighted by atomic mass is 9.49. The maximum atomic E-state index is 9.23. The second kappa shape index (κ2) is 11.2. The number of hydrogen-bond acceptors (Lipinski definition) is 5. The summed E-state index contributed by atoms with van der Waals surface area (Å²) in [7, 11) is -1.92. The number of nitrogens with zero attached hydrogens (tertiary/aromatic N) is 4. The molecule has 0 heterocycles. The van der Waals surface area contributed by atoms with Crippen LogP contribution in [0.25, 0.3) is 10.4 Å². The van der Waals surface area contributed by atoms with E-state index in [9.17, 15) is 5.53 Å². The van der Waals surface area contributed by atoms with Gasteiger partial charge in [0.2, 0.25) is 0 Å². The van der Waals surface area contributed by atoms with Gasteiger partial charge in [-0.1, -0.05) is 57.0 Å². The van der Waals surface area contributed by atoms with E-state index in [1.54, 1.807) is 0 Å². The molecule has 3 saturated carbocycles. The molecule has 0 aromatic heterocycles. The maximum absolute atomic E-state index is 9.23. The van der Waals surface area contributed by atoms with Crippen LogP contribution in [-0.4, -0.2) is 45.5 Å². The number of rotatable bonds is 9. The summed E-state index contributed by atoms with van der Waals surface area (Å²) < 4.78 is 6.84. The van der Waals surface area contributed by atoms with Crippen molar-refractivity contribution in [2.24, 2.45) is 44.8 Å². The number of oxime groups is 1. The smallest absolute Gasteiger partial charge is 0.191 e. The molecule has 0 spiro atoms. The first kappa shape index (κ1) is 29.2. The first-order valence-electron chi connectivity index (χ1n) is 13.9. The fraction of sp³-hybridized carbons (Fsp3) is 0.893. The molecule has 0 aromatic carbocycles. The average molecular weight is 519 g/mol. The van der Waals surface area contributed by atoms with E-state index in [4.69, 9.17) is 14.4 Å². The van der Waals surface area contributed by atoms with Crippen LogP contribution in [0.15, 0.2) is 22.4 Å². The molecule has 36 heavy (non-hydrogen) atoms. The highest BCUT2D eigenvalue weighted by Crippen LogP contribution is 2.63. The van der Waals surface area contributed by atoms with Gasteiger partial charge in [-0.05, 0) is 103 Å². The van der Waals surface area contributed by atoms with Gasteiger partial charge in [-0.2, -0.15) is 0 Å². The molecule has 0 bridgehead atoms. The summed E-state index contributed by atoms with van der Waals surface area (Å²) >= 11 is 0. The largest absolute Gasteiger partial charge is 0.417 e. The highest BCUT2D eigenvalue weighted by Gasteiger charge is 2.56. The molecule has 3 rings (SSSR count). The molecule has 3 aliphatic rings. The topological polar surface area (TPSA) is 99.8 Å². The number of fused-ring (bicyclic) bond motifs is 1. The summed E-state index contributed by atoms with van der Waals surface area (Å²) in [5.41, 5.74) is 11.9. The van der Waals surface area contributed by atoms with Crippen molar-refractivity contribution in [1.29, 1.82) is 0 Å². The second-order valence-corrected chi connectivity index (χ2v) is 18.4. The quantitative estimate of drug-likeness (QED) is 0.0651. The van der Waals surface area contributed by atoms with Gasteiger partial charge in [-0.25, -0.2) is 0 Å². The van der Waals surface area contributed by atoms with E-state index >= 15 is 0 Å². The van der Waals surface area contributed by atoms with Crippen LogP contribution < -0.4 is 0 Å². The Balaban J connectivity index is 1.93. The van der Waals surface area contributed by atoms with Crippen LogP contribution in [0.3, 0.4) is 0 Å². The lowest BCUT2D eigenvalue weighted by Gasteiger charge is -2.56. The van der Waals surface area contributed by atoms with Crippen molar-refractivity contribution in [2.75, 3.05) is 26.4 Å². The molecule has 0 aromatic rings. The van der Waals surface area contributed by atoms with Crippen LogP contribution in [0.4, 0.5) is 0 Å². The van der Waals surface area contributed by atoms with Crippen LogP contribution in [0.5, 0.6) is 0 Å². The molecular formula is C28H50N4O3Si. The van der Waals surface area contributed by atoms with Gasteiger partial charge in [-0.15, -0.1) is 0 Å². The standard InChI is InChI=1S/C28H50N4O3Si/c1-20-9-10-24-23(18-30-32-29)25(12-14-27(20,24)5)28(6)13-11-22(31-34-16-15-33)17-21(28)19-35-36(7,8)26(2,3)4/h21,23-25,33H,1,9-19H2,2-8H3/t21-,23+,24+,25+,27-,28+/m1/s1. The van der Waals surface area contributed by atoms with Gasteiger partial charge >= 0.3 is 0 Å². The summed E-state index contributed by atoms with van der Waals surface area (Å²) in [6.07, 6.45) is 7.34. The fourth-order valence-electron chi connectivity index (χ4n) is 7.16. The summed E-state index contributed by atoms with van der Waals surface area (Å²) in [5.74, 6) is 1.68. The minimum Gasteiger partial charge on any atom is -0.417 e. The number of aliphatic hydroxyl groups is 1. The normalized spacial score (nSPS) is 36.4. The third-order valence-corrected chi connectivity index (χ3v) is 15.3. The predicted octanol–water partition coefficient (Wildman–Crippen LogP) is 7.49. The fourth-order valence-corrected chi connectivity index (χ4v) is 8.21. The molecular weight excluding hydrogens is 468 g/mol. The minimum atomic E-state index is -1.92. The Morgan fingerprint density at radius 3 is 2.53 bits per heavy atom. The van der Waals surface area contributed by atoms with E-state index in [-0.39, 0.29) is 29.1 Å². The van der Waals surface area contributed by atoms with Crippen molar-refractivity contribution in [3.05, 3.63) is 22.6 Å². The molecule has 6 atom stereocenters. The van der Waals surface area contributed by atoms with Gasteiger partial charge in [0.1, 0.15) is 6.61 Å². The Morgan fingerprint density at radius 2 is 1.89 bits per heavy atom. The van der Waals surface area contributed by atoms with Crippen molar-refractivity contribution in [3.8, 4) is 0 Å². The van der Waals surface area contributed by atoms with E-state index in [0.717, 1.165) is 50.8 Å². The molecule has 0 unspecified atom stereocenters. The van der Waals surface area contributed by atoms with E-state index in [0.29, 0.717) is 30.2 Å². The van der Waals surface area contributed by atoms with Gasteiger partial charge in [0.05, 0.1) is 12.3 Å². The molecule has 3 aliphatic carbocycles. The third-order valence-electron chi connectivity index (χ3n) is 10.8. The van der Waals surface area contributed by atoms with E-state index in [2.05, 4.69) is 69.5 Å². The van der Waals surface area contributed by atoms with E-state index < -0.39 is 8.32 Å². The third kappa shape index (κ3) is 5.72. The highest BCUT2D eigenvalue weighted by molar-refractivity contribution is 6.74. The Labute approximate surface area is 219 Å². The van der Waals surface area contributed by atoms with Crippen LogP contribution >= 0.6 is 0 Å². The lowest BCUT2D eigenvalue weighted by molar-refractivity contribution is -0.0549. The Hall–Kier alpha value is -1.34.